The van der Waals surface area contributed by atoms with Crippen molar-refractivity contribution in [3.8, 4) is 17.2 Å². The summed E-state index contributed by atoms with van der Waals surface area (Å²) in [6.07, 6.45) is 9.63. The van der Waals surface area contributed by atoms with E-state index in [2.05, 4.69) is 43.4 Å². The van der Waals surface area contributed by atoms with Gasteiger partial charge in [0.1, 0.15) is 23.0 Å². The second-order valence-electron chi connectivity index (χ2n) is 8.56. The van der Waals surface area contributed by atoms with E-state index < -0.39 is 0 Å². The molecule has 2 aliphatic carbocycles. The van der Waals surface area contributed by atoms with Crippen LogP contribution in [0, 0.1) is 5.92 Å². The number of fused-ring (bicyclic) bond motifs is 1. The van der Waals surface area contributed by atoms with Crippen LogP contribution in [0.2, 0.25) is 0 Å². The van der Waals surface area contributed by atoms with E-state index >= 15 is 0 Å². The molecule has 5 rings (SSSR count). The van der Waals surface area contributed by atoms with Gasteiger partial charge in [0.25, 0.3) is 0 Å². The summed E-state index contributed by atoms with van der Waals surface area (Å²) >= 11 is 0. The molecule has 160 valence electrons. The zero-order chi connectivity index (χ0) is 22.1. The minimum Gasteiger partial charge on any atom is -0.457 e. The molecule has 1 saturated carbocycles. The Morgan fingerprint density at radius 3 is 1.84 bits per heavy atom. The molecule has 32 heavy (non-hydrogen) atoms. The van der Waals surface area contributed by atoms with Gasteiger partial charge < -0.3 is 20.9 Å². The van der Waals surface area contributed by atoms with Crippen molar-refractivity contribution < 1.29 is 9.47 Å². The Labute approximate surface area is 188 Å². The lowest BCUT2D eigenvalue weighted by molar-refractivity contribution is 0.325. The fourth-order valence-electron chi connectivity index (χ4n) is 4.45. The van der Waals surface area contributed by atoms with E-state index in [0.29, 0.717) is 5.92 Å². The van der Waals surface area contributed by atoms with Crippen LogP contribution in [0.3, 0.4) is 0 Å². The molecule has 4 nitrogen and oxygen atoms in total. The predicted molar refractivity (Wildman–Crippen MR) is 130 cm³/mol. The molecule has 2 atom stereocenters. The molecular weight excluding hydrogens is 396 g/mol. The quantitative estimate of drug-likeness (QED) is 0.468. The normalized spacial score (nSPS) is 21.5. The van der Waals surface area contributed by atoms with E-state index in [1.807, 2.05) is 60.7 Å². The molecule has 0 bridgehead atoms. The van der Waals surface area contributed by atoms with Gasteiger partial charge in [-0.25, -0.2) is 0 Å². The van der Waals surface area contributed by atoms with Crippen molar-refractivity contribution >= 4 is 11.4 Å². The molecule has 0 radical (unpaired) electrons. The summed E-state index contributed by atoms with van der Waals surface area (Å²) in [4.78, 5) is 0. The van der Waals surface area contributed by atoms with E-state index in [9.17, 15) is 0 Å². The fraction of sp³-hybridized carbons (Fsp3) is 0.143. The van der Waals surface area contributed by atoms with Gasteiger partial charge in [0.2, 0.25) is 0 Å². The number of benzene rings is 3. The van der Waals surface area contributed by atoms with Gasteiger partial charge in [-0.05, 0) is 84.8 Å². The number of hydrogen-bond donors (Lipinski definition) is 2. The van der Waals surface area contributed by atoms with Crippen molar-refractivity contribution in [2.75, 3.05) is 11.5 Å². The molecule has 3 aromatic rings. The van der Waals surface area contributed by atoms with Crippen LogP contribution in [0.15, 0.2) is 108 Å². The van der Waals surface area contributed by atoms with Gasteiger partial charge in [-0.15, -0.1) is 0 Å². The van der Waals surface area contributed by atoms with Crippen molar-refractivity contribution in [2.24, 2.45) is 5.92 Å². The van der Waals surface area contributed by atoms with Gasteiger partial charge in [-0.1, -0.05) is 36.8 Å². The zero-order valence-electron chi connectivity index (χ0n) is 18.0. The van der Waals surface area contributed by atoms with Crippen molar-refractivity contribution in [2.45, 2.75) is 18.8 Å². The smallest absolute Gasteiger partial charge is 0.127 e. The summed E-state index contributed by atoms with van der Waals surface area (Å²) in [6.45, 7) is 2.30. The summed E-state index contributed by atoms with van der Waals surface area (Å²) in [7, 11) is 0. The van der Waals surface area contributed by atoms with Crippen molar-refractivity contribution in [1.82, 2.24) is 0 Å². The maximum absolute atomic E-state index is 6.02. The second-order valence-corrected chi connectivity index (χ2v) is 8.56. The fourth-order valence-corrected chi connectivity index (χ4v) is 4.45. The lowest BCUT2D eigenvalue weighted by Crippen LogP contribution is -2.40. The van der Waals surface area contributed by atoms with Crippen LogP contribution < -0.4 is 20.9 Å². The first kappa shape index (κ1) is 20.0. The molecular formula is C28H26N2O2. The SMILES string of the molecule is CC1(c2ccc(Oc3ccc(N)cc3)cc2)CC2C=CC(Oc3ccc(N)cc3)=CC=C21. The van der Waals surface area contributed by atoms with Crippen LogP contribution in [-0.2, 0) is 5.41 Å². The molecule has 2 aliphatic rings. The lowest BCUT2D eigenvalue weighted by Gasteiger charge is -2.48. The molecule has 0 saturated heterocycles. The number of nitrogen functional groups attached to an aromatic ring is 2. The average molecular weight is 423 g/mol. The van der Waals surface area contributed by atoms with Crippen LogP contribution in [0.4, 0.5) is 11.4 Å². The standard InChI is InChI=1S/C28H26N2O2/c1-28(20-3-10-24(11-4-20)32-26-14-7-22(30)8-15-26)18-19-2-9-23(16-17-27(19)28)31-25-12-5-21(29)6-13-25/h2-17,19H,18,29-30H2,1H3. The van der Waals surface area contributed by atoms with Gasteiger partial charge in [0.05, 0.1) is 0 Å². The number of nitrogens with two attached hydrogens (primary N) is 2. The third-order valence-corrected chi connectivity index (χ3v) is 6.31. The molecule has 0 amide bonds. The van der Waals surface area contributed by atoms with Crippen LogP contribution in [0.25, 0.3) is 0 Å². The maximum atomic E-state index is 6.02. The maximum Gasteiger partial charge on any atom is 0.127 e. The largest absolute Gasteiger partial charge is 0.457 e. The summed E-state index contributed by atoms with van der Waals surface area (Å²) in [5, 5.41) is 0. The Morgan fingerprint density at radius 1 is 0.719 bits per heavy atom. The Balaban J connectivity index is 1.32. The summed E-state index contributed by atoms with van der Waals surface area (Å²) in [5.41, 5.74) is 15.6. The molecule has 0 aromatic heterocycles. The summed E-state index contributed by atoms with van der Waals surface area (Å²) in [6, 6.07) is 23.3. The molecule has 0 spiro atoms. The molecule has 0 heterocycles. The first-order chi connectivity index (χ1) is 15.5. The Kier molecular flexibility index (Phi) is 4.98. The zero-order valence-corrected chi connectivity index (χ0v) is 18.0. The van der Waals surface area contributed by atoms with Gasteiger partial charge in [-0.3, -0.25) is 0 Å². The number of allylic oxidation sites excluding steroid dienone is 5. The van der Waals surface area contributed by atoms with Gasteiger partial charge in [-0.2, -0.15) is 0 Å². The van der Waals surface area contributed by atoms with E-state index in [1.165, 1.54) is 11.1 Å². The van der Waals surface area contributed by atoms with E-state index in [4.69, 9.17) is 20.9 Å². The highest BCUT2D eigenvalue weighted by atomic mass is 16.5. The number of rotatable bonds is 5. The highest BCUT2D eigenvalue weighted by Gasteiger charge is 2.45. The van der Waals surface area contributed by atoms with E-state index in [1.54, 1.807) is 0 Å². The van der Waals surface area contributed by atoms with Gasteiger partial charge >= 0.3 is 0 Å². The van der Waals surface area contributed by atoms with Crippen molar-refractivity contribution in [3.63, 3.8) is 0 Å². The molecule has 2 unspecified atom stereocenters. The van der Waals surface area contributed by atoms with Crippen molar-refractivity contribution in [1.29, 1.82) is 0 Å². The minimum absolute atomic E-state index is 0.00187. The highest BCUT2D eigenvalue weighted by Crippen LogP contribution is 2.53. The minimum atomic E-state index is 0.00187. The number of ether oxygens (including phenoxy) is 2. The third-order valence-electron chi connectivity index (χ3n) is 6.31. The second kappa shape index (κ2) is 7.97. The summed E-state index contributed by atoms with van der Waals surface area (Å²) < 4.78 is 12.0. The van der Waals surface area contributed by atoms with Crippen LogP contribution in [0.1, 0.15) is 18.9 Å². The number of hydrogen-bond acceptors (Lipinski definition) is 4. The van der Waals surface area contributed by atoms with Crippen LogP contribution in [0.5, 0.6) is 17.2 Å². The Bertz CT molecular complexity index is 1210. The highest BCUT2D eigenvalue weighted by molar-refractivity contribution is 5.51. The average Bonchev–Trinajstić information content (AvgIpc) is 2.96. The Morgan fingerprint density at radius 2 is 1.25 bits per heavy atom. The first-order valence-electron chi connectivity index (χ1n) is 10.8. The van der Waals surface area contributed by atoms with Gasteiger partial charge in [0.15, 0.2) is 0 Å². The molecule has 4 heteroatoms. The van der Waals surface area contributed by atoms with Crippen LogP contribution >= 0.6 is 0 Å². The van der Waals surface area contributed by atoms with Crippen molar-refractivity contribution in [3.05, 3.63) is 114 Å². The topological polar surface area (TPSA) is 70.5 Å². The molecule has 0 aliphatic heterocycles. The molecule has 4 N–H and O–H groups in total. The monoisotopic (exact) mass is 422 g/mol. The van der Waals surface area contributed by atoms with Gasteiger partial charge in [0, 0.05) is 22.7 Å². The van der Waals surface area contributed by atoms with Crippen LogP contribution in [-0.4, -0.2) is 0 Å². The number of anilines is 2. The lowest BCUT2D eigenvalue weighted by atomic mass is 9.56. The molecule has 1 fully saturated rings. The Hall–Kier alpha value is -3.92. The van der Waals surface area contributed by atoms with E-state index in [-0.39, 0.29) is 5.41 Å². The summed E-state index contributed by atoms with van der Waals surface area (Å²) in [5.74, 6) is 3.62. The predicted octanol–water partition coefficient (Wildman–Crippen LogP) is 6.38. The first-order valence-corrected chi connectivity index (χ1v) is 10.8. The van der Waals surface area contributed by atoms with E-state index in [0.717, 1.165) is 40.8 Å². The molecule has 3 aromatic carbocycles. The third kappa shape index (κ3) is 3.87.